The molecule has 0 aromatic heterocycles. The van der Waals surface area contributed by atoms with Crippen LogP contribution in [-0.2, 0) is 15.0 Å². The molecule has 0 saturated heterocycles. The Labute approximate surface area is 138 Å². The maximum Gasteiger partial charge on any atom is 0.305 e. The second-order valence-electron chi connectivity index (χ2n) is 6.69. The normalized spacial score (nSPS) is 11.1. The van der Waals surface area contributed by atoms with Gasteiger partial charge in [0.05, 0.1) is 13.0 Å². The van der Waals surface area contributed by atoms with Crippen LogP contribution in [-0.4, -0.2) is 42.1 Å². The van der Waals surface area contributed by atoms with Crippen molar-refractivity contribution in [3.05, 3.63) is 29.8 Å². The third kappa shape index (κ3) is 7.17. The standard InChI is InChI=1S/C18H27NO4/c1-18(2,3)14-7-9-15(10-8-14)23-13-5-6-16(20)19(4)12-11-17(21)22/h7-10H,5-6,11-13H2,1-4H3,(H,21,22). The average Bonchev–Trinajstić information content (AvgIpc) is 2.48. The second kappa shape index (κ2) is 8.56. The molecular weight excluding hydrogens is 294 g/mol. The van der Waals surface area contributed by atoms with Crippen molar-refractivity contribution in [3.8, 4) is 5.75 Å². The molecule has 5 nitrogen and oxygen atoms in total. The van der Waals surface area contributed by atoms with Gasteiger partial charge in [0.15, 0.2) is 0 Å². The van der Waals surface area contributed by atoms with Crippen LogP contribution in [0.2, 0.25) is 0 Å². The highest BCUT2D eigenvalue weighted by molar-refractivity contribution is 5.76. The van der Waals surface area contributed by atoms with E-state index in [1.807, 2.05) is 12.1 Å². The van der Waals surface area contributed by atoms with Crippen LogP contribution in [0.3, 0.4) is 0 Å². The fraction of sp³-hybridized carbons (Fsp3) is 0.556. The summed E-state index contributed by atoms with van der Waals surface area (Å²) < 4.78 is 5.64. The van der Waals surface area contributed by atoms with Crippen molar-refractivity contribution in [3.63, 3.8) is 0 Å². The molecule has 0 fully saturated rings. The van der Waals surface area contributed by atoms with E-state index in [1.165, 1.54) is 10.5 Å². The Morgan fingerprint density at radius 2 is 1.74 bits per heavy atom. The molecule has 0 aliphatic carbocycles. The lowest BCUT2D eigenvalue weighted by molar-refractivity contribution is -0.138. The number of carboxylic acids is 1. The van der Waals surface area contributed by atoms with Crippen LogP contribution in [0.15, 0.2) is 24.3 Å². The lowest BCUT2D eigenvalue weighted by Crippen LogP contribution is -2.29. The number of hydrogen-bond acceptors (Lipinski definition) is 3. The summed E-state index contributed by atoms with van der Waals surface area (Å²) in [7, 11) is 1.62. The van der Waals surface area contributed by atoms with Crippen LogP contribution in [0.4, 0.5) is 0 Å². The quantitative estimate of drug-likeness (QED) is 0.747. The summed E-state index contributed by atoms with van der Waals surface area (Å²) in [4.78, 5) is 23.7. The first kappa shape index (κ1) is 19.0. The van der Waals surface area contributed by atoms with Gasteiger partial charge in [0, 0.05) is 20.0 Å². The summed E-state index contributed by atoms with van der Waals surface area (Å²) >= 11 is 0. The zero-order valence-corrected chi connectivity index (χ0v) is 14.5. The number of carbonyl (C=O) groups is 2. The van der Waals surface area contributed by atoms with Gasteiger partial charge < -0.3 is 14.7 Å². The molecule has 1 rings (SSSR count). The van der Waals surface area contributed by atoms with E-state index in [0.717, 1.165) is 5.75 Å². The second-order valence-corrected chi connectivity index (χ2v) is 6.69. The number of carboxylic acid groups (broad SMARTS) is 1. The predicted octanol–water partition coefficient (Wildman–Crippen LogP) is 3.08. The van der Waals surface area contributed by atoms with Crippen LogP contribution < -0.4 is 4.74 Å². The molecular formula is C18H27NO4. The van der Waals surface area contributed by atoms with E-state index in [4.69, 9.17) is 9.84 Å². The van der Waals surface area contributed by atoms with Gasteiger partial charge in [-0.1, -0.05) is 32.9 Å². The Bertz CT molecular complexity index is 517. The van der Waals surface area contributed by atoms with Gasteiger partial charge in [0.25, 0.3) is 0 Å². The van der Waals surface area contributed by atoms with Crippen molar-refractivity contribution in [2.45, 2.75) is 45.4 Å². The van der Waals surface area contributed by atoms with Crippen LogP contribution >= 0.6 is 0 Å². The highest BCUT2D eigenvalue weighted by Crippen LogP contribution is 2.24. The number of nitrogens with zero attached hydrogens (tertiary/aromatic N) is 1. The number of aliphatic carboxylic acids is 1. The van der Waals surface area contributed by atoms with Gasteiger partial charge in [-0.3, -0.25) is 9.59 Å². The van der Waals surface area contributed by atoms with Gasteiger partial charge in [-0.2, -0.15) is 0 Å². The molecule has 128 valence electrons. The molecule has 0 aliphatic rings. The minimum absolute atomic E-state index is 0.0289. The summed E-state index contributed by atoms with van der Waals surface area (Å²) in [5.41, 5.74) is 1.37. The Balaban J connectivity index is 2.29. The molecule has 0 saturated carbocycles. The molecule has 0 spiro atoms. The van der Waals surface area contributed by atoms with Gasteiger partial charge in [-0.25, -0.2) is 0 Å². The first-order chi connectivity index (χ1) is 10.7. The number of ether oxygens (including phenoxy) is 1. The van der Waals surface area contributed by atoms with Crippen LogP contribution in [0.25, 0.3) is 0 Å². The SMILES string of the molecule is CN(CCC(=O)O)C(=O)CCCOc1ccc(C(C)(C)C)cc1. The van der Waals surface area contributed by atoms with E-state index in [2.05, 4.69) is 32.9 Å². The molecule has 0 heterocycles. The van der Waals surface area contributed by atoms with Crippen molar-refractivity contribution >= 4 is 11.9 Å². The zero-order chi connectivity index (χ0) is 17.5. The largest absolute Gasteiger partial charge is 0.494 e. The molecule has 0 atom stereocenters. The van der Waals surface area contributed by atoms with E-state index in [1.54, 1.807) is 7.05 Å². The van der Waals surface area contributed by atoms with Gasteiger partial charge in [0.1, 0.15) is 5.75 Å². The summed E-state index contributed by atoms with van der Waals surface area (Å²) in [5.74, 6) is -0.158. The molecule has 0 aliphatic heterocycles. The van der Waals surface area contributed by atoms with Crippen LogP contribution in [0.1, 0.15) is 45.6 Å². The Morgan fingerprint density at radius 1 is 1.13 bits per heavy atom. The highest BCUT2D eigenvalue weighted by atomic mass is 16.5. The van der Waals surface area contributed by atoms with Crippen molar-refractivity contribution in [2.75, 3.05) is 20.2 Å². The van der Waals surface area contributed by atoms with E-state index in [-0.39, 0.29) is 24.3 Å². The zero-order valence-electron chi connectivity index (χ0n) is 14.5. The summed E-state index contributed by atoms with van der Waals surface area (Å²) in [6.07, 6.45) is 0.937. The fourth-order valence-electron chi connectivity index (χ4n) is 2.04. The lowest BCUT2D eigenvalue weighted by Gasteiger charge is -2.19. The monoisotopic (exact) mass is 321 g/mol. The fourth-order valence-corrected chi connectivity index (χ4v) is 2.04. The van der Waals surface area contributed by atoms with Gasteiger partial charge in [-0.15, -0.1) is 0 Å². The smallest absolute Gasteiger partial charge is 0.305 e. The highest BCUT2D eigenvalue weighted by Gasteiger charge is 2.13. The van der Waals surface area contributed by atoms with Crippen LogP contribution in [0, 0.1) is 0 Å². The maximum absolute atomic E-state index is 11.8. The summed E-state index contributed by atoms with van der Waals surface area (Å²) in [6.45, 7) is 7.19. The van der Waals surface area contributed by atoms with Crippen molar-refractivity contribution < 1.29 is 19.4 Å². The molecule has 1 amide bonds. The van der Waals surface area contributed by atoms with Crippen molar-refractivity contribution in [1.82, 2.24) is 4.90 Å². The third-order valence-electron chi connectivity index (χ3n) is 3.61. The number of hydrogen-bond donors (Lipinski definition) is 1. The minimum atomic E-state index is -0.897. The Hall–Kier alpha value is -2.04. The molecule has 0 unspecified atom stereocenters. The average molecular weight is 321 g/mol. The first-order valence-corrected chi connectivity index (χ1v) is 7.89. The molecule has 1 aromatic carbocycles. The Morgan fingerprint density at radius 3 is 2.26 bits per heavy atom. The lowest BCUT2D eigenvalue weighted by atomic mass is 9.87. The predicted molar refractivity (Wildman–Crippen MR) is 89.8 cm³/mol. The molecule has 0 bridgehead atoms. The maximum atomic E-state index is 11.8. The number of amides is 1. The Kier molecular flexibility index (Phi) is 7.07. The number of benzene rings is 1. The van der Waals surface area contributed by atoms with E-state index >= 15 is 0 Å². The van der Waals surface area contributed by atoms with Gasteiger partial charge in [0.2, 0.25) is 5.91 Å². The topological polar surface area (TPSA) is 66.8 Å². The molecule has 0 radical (unpaired) electrons. The summed E-state index contributed by atoms with van der Waals surface area (Å²) in [5, 5.41) is 8.60. The molecule has 5 heteroatoms. The third-order valence-corrected chi connectivity index (χ3v) is 3.61. The van der Waals surface area contributed by atoms with Gasteiger partial charge >= 0.3 is 5.97 Å². The molecule has 23 heavy (non-hydrogen) atoms. The molecule has 1 N–H and O–H groups in total. The number of carbonyl (C=O) groups excluding carboxylic acids is 1. The van der Waals surface area contributed by atoms with E-state index in [9.17, 15) is 9.59 Å². The number of rotatable bonds is 8. The van der Waals surface area contributed by atoms with E-state index < -0.39 is 5.97 Å². The first-order valence-electron chi connectivity index (χ1n) is 7.89. The van der Waals surface area contributed by atoms with Crippen molar-refractivity contribution in [2.24, 2.45) is 0 Å². The van der Waals surface area contributed by atoms with Gasteiger partial charge in [-0.05, 0) is 29.5 Å². The van der Waals surface area contributed by atoms with Crippen molar-refractivity contribution in [1.29, 1.82) is 0 Å². The minimum Gasteiger partial charge on any atom is -0.494 e. The molecule has 1 aromatic rings. The van der Waals surface area contributed by atoms with E-state index in [0.29, 0.717) is 19.4 Å². The van der Waals surface area contributed by atoms with Crippen LogP contribution in [0.5, 0.6) is 5.75 Å². The summed E-state index contributed by atoms with van der Waals surface area (Å²) in [6, 6.07) is 8.00.